The lowest BCUT2D eigenvalue weighted by Gasteiger charge is -2.41. The van der Waals surface area contributed by atoms with Gasteiger partial charge in [-0.3, -0.25) is 9.88 Å². The minimum absolute atomic E-state index is 0.491. The summed E-state index contributed by atoms with van der Waals surface area (Å²) < 4.78 is 0. The number of fused-ring (bicyclic) bond motifs is 3. The minimum Gasteiger partial charge on any atom is -0.353 e. The molecule has 5 nitrogen and oxygen atoms in total. The van der Waals surface area contributed by atoms with E-state index in [0.717, 1.165) is 36.4 Å². The third-order valence-corrected chi connectivity index (χ3v) is 5.16. The highest BCUT2D eigenvalue weighted by molar-refractivity contribution is 6.30. The third kappa shape index (κ3) is 2.62. The maximum absolute atomic E-state index is 8.85. The van der Waals surface area contributed by atoms with Crippen LogP contribution < -0.4 is 4.90 Å². The summed E-state index contributed by atoms with van der Waals surface area (Å²) in [6.07, 6.45) is 4.79. The van der Waals surface area contributed by atoms with Crippen molar-refractivity contribution in [2.75, 3.05) is 24.5 Å². The van der Waals surface area contributed by atoms with Crippen LogP contribution in [0.1, 0.15) is 19.3 Å². The Kier molecular flexibility index (Phi) is 3.80. The summed E-state index contributed by atoms with van der Waals surface area (Å²) >= 11 is 6.20. The van der Waals surface area contributed by atoms with Crippen LogP contribution in [0.2, 0.25) is 5.15 Å². The number of anilines is 1. The van der Waals surface area contributed by atoms with Gasteiger partial charge in [0.1, 0.15) is 11.0 Å². The Morgan fingerprint density at radius 1 is 1.30 bits per heavy atom. The number of nitrogens with zero attached hydrogens (tertiary/aromatic N) is 5. The monoisotopic (exact) mass is 327 g/mol. The summed E-state index contributed by atoms with van der Waals surface area (Å²) in [5.74, 6) is 0.942. The molecule has 2 atom stereocenters. The van der Waals surface area contributed by atoms with E-state index in [9.17, 15) is 0 Å². The Labute approximate surface area is 140 Å². The maximum atomic E-state index is 8.85. The van der Waals surface area contributed by atoms with E-state index in [0.29, 0.717) is 23.7 Å². The van der Waals surface area contributed by atoms with Gasteiger partial charge in [0.05, 0.1) is 11.6 Å². The zero-order chi connectivity index (χ0) is 15.8. The first-order valence-electron chi connectivity index (χ1n) is 8.05. The maximum Gasteiger partial charge on any atom is 0.139 e. The van der Waals surface area contributed by atoms with Crippen LogP contribution in [-0.4, -0.2) is 46.6 Å². The van der Waals surface area contributed by atoms with Gasteiger partial charge in [0.25, 0.3) is 0 Å². The molecule has 4 rings (SSSR count). The molecule has 2 saturated heterocycles. The number of pyridine rings is 2. The number of hydrogen-bond donors (Lipinski definition) is 0. The molecule has 2 unspecified atom stereocenters. The van der Waals surface area contributed by atoms with E-state index in [1.165, 1.54) is 12.8 Å². The molecule has 118 valence electrons. The summed E-state index contributed by atoms with van der Waals surface area (Å²) in [5, 5.41) is 10.4. The standard InChI is InChI=1S/C17H18ClN5/c18-16-9-15-14(3-1-7-20-15)17(21-16)22-10-12-4-5-13(11-22)23(12)8-2-6-19/h1,3,7,9,12-13H,2,4-5,8,10-11H2. The average molecular weight is 328 g/mol. The molecule has 0 spiro atoms. The summed E-state index contributed by atoms with van der Waals surface area (Å²) in [6, 6.07) is 9.10. The second-order valence-electron chi connectivity index (χ2n) is 6.27. The van der Waals surface area contributed by atoms with E-state index in [-0.39, 0.29) is 0 Å². The van der Waals surface area contributed by atoms with Crippen LogP contribution >= 0.6 is 11.6 Å². The summed E-state index contributed by atoms with van der Waals surface area (Å²) in [4.78, 5) is 13.9. The van der Waals surface area contributed by atoms with E-state index in [1.54, 1.807) is 6.20 Å². The normalized spacial score (nSPS) is 24.1. The fourth-order valence-electron chi connectivity index (χ4n) is 3.98. The second kappa shape index (κ2) is 5.95. The lowest BCUT2D eigenvalue weighted by molar-refractivity contribution is 0.173. The van der Waals surface area contributed by atoms with E-state index in [4.69, 9.17) is 16.9 Å². The molecule has 2 aromatic heterocycles. The molecular formula is C17H18ClN5. The number of piperazine rings is 1. The van der Waals surface area contributed by atoms with Gasteiger partial charge >= 0.3 is 0 Å². The SMILES string of the molecule is N#CCCN1C2CCC1CN(c1nc(Cl)cc3ncccc13)C2. The fourth-order valence-corrected chi connectivity index (χ4v) is 4.16. The molecule has 0 aliphatic carbocycles. The zero-order valence-corrected chi connectivity index (χ0v) is 13.6. The summed E-state index contributed by atoms with van der Waals surface area (Å²) in [6.45, 7) is 2.77. The van der Waals surface area contributed by atoms with Crippen molar-refractivity contribution in [3.8, 4) is 6.07 Å². The molecule has 6 heteroatoms. The van der Waals surface area contributed by atoms with Crippen molar-refractivity contribution in [2.45, 2.75) is 31.3 Å². The highest BCUT2D eigenvalue weighted by Gasteiger charge is 2.40. The lowest BCUT2D eigenvalue weighted by atomic mass is 10.1. The van der Waals surface area contributed by atoms with Gasteiger partial charge in [0, 0.05) is 55.8 Å². The van der Waals surface area contributed by atoms with Crippen molar-refractivity contribution < 1.29 is 0 Å². The van der Waals surface area contributed by atoms with Crippen LogP contribution in [0, 0.1) is 11.3 Å². The van der Waals surface area contributed by atoms with Crippen molar-refractivity contribution in [3.63, 3.8) is 0 Å². The van der Waals surface area contributed by atoms with Crippen molar-refractivity contribution in [3.05, 3.63) is 29.5 Å². The second-order valence-corrected chi connectivity index (χ2v) is 6.66. The summed E-state index contributed by atoms with van der Waals surface area (Å²) in [5.41, 5.74) is 0.891. The predicted molar refractivity (Wildman–Crippen MR) is 90.5 cm³/mol. The number of nitriles is 1. The van der Waals surface area contributed by atoms with Crippen molar-refractivity contribution in [1.29, 1.82) is 5.26 Å². The molecule has 0 N–H and O–H groups in total. The zero-order valence-electron chi connectivity index (χ0n) is 12.8. The number of halogens is 1. The van der Waals surface area contributed by atoms with Crippen LogP contribution in [0.25, 0.3) is 10.9 Å². The van der Waals surface area contributed by atoms with Gasteiger partial charge in [-0.2, -0.15) is 5.26 Å². The molecule has 2 aliphatic rings. The Morgan fingerprint density at radius 3 is 2.83 bits per heavy atom. The number of hydrogen-bond acceptors (Lipinski definition) is 5. The van der Waals surface area contributed by atoms with Gasteiger partial charge in [-0.05, 0) is 25.0 Å². The van der Waals surface area contributed by atoms with Crippen LogP contribution in [0.5, 0.6) is 0 Å². The largest absolute Gasteiger partial charge is 0.353 e. The van der Waals surface area contributed by atoms with Gasteiger partial charge in [0.15, 0.2) is 0 Å². The molecule has 2 fully saturated rings. The van der Waals surface area contributed by atoms with Gasteiger partial charge in [-0.1, -0.05) is 11.6 Å². The number of rotatable bonds is 3. The van der Waals surface area contributed by atoms with Crippen LogP contribution in [-0.2, 0) is 0 Å². The molecule has 0 saturated carbocycles. The fraction of sp³-hybridized carbons (Fsp3) is 0.471. The van der Waals surface area contributed by atoms with Gasteiger partial charge in [-0.15, -0.1) is 0 Å². The van der Waals surface area contributed by atoms with Crippen LogP contribution in [0.15, 0.2) is 24.4 Å². The van der Waals surface area contributed by atoms with Crippen LogP contribution in [0.3, 0.4) is 0 Å². The van der Waals surface area contributed by atoms with Gasteiger partial charge < -0.3 is 4.90 Å². The third-order valence-electron chi connectivity index (χ3n) is 4.96. The molecule has 2 bridgehead atoms. The quantitative estimate of drug-likeness (QED) is 0.811. The van der Waals surface area contributed by atoms with Gasteiger partial charge in [0.2, 0.25) is 0 Å². The molecule has 0 radical (unpaired) electrons. The summed E-state index contributed by atoms with van der Waals surface area (Å²) in [7, 11) is 0. The Morgan fingerprint density at radius 2 is 2.09 bits per heavy atom. The molecule has 0 amide bonds. The molecule has 2 aromatic rings. The van der Waals surface area contributed by atoms with E-state index in [1.807, 2.05) is 12.1 Å². The van der Waals surface area contributed by atoms with E-state index < -0.39 is 0 Å². The Hall–Kier alpha value is -1.90. The highest BCUT2D eigenvalue weighted by Crippen LogP contribution is 2.35. The highest BCUT2D eigenvalue weighted by atomic mass is 35.5. The van der Waals surface area contributed by atoms with Gasteiger partial charge in [-0.25, -0.2) is 4.98 Å². The Balaban J connectivity index is 1.65. The first-order valence-corrected chi connectivity index (χ1v) is 8.43. The molecule has 2 aliphatic heterocycles. The first kappa shape index (κ1) is 14.7. The predicted octanol–water partition coefficient (Wildman–Crippen LogP) is 2.85. The van der Waals surface area contributed by atoms with E-state index in [2.05, 4.69) is 31.9 Å². The molecule has 4 heterocycles. The minimum atomic E-state index is 0.491. The molecular weight excluding hydrogens is 310 g/mol. The first-order chi connectivity index (χ1) is 11.3. The molecule has 0 aromatic carbocycles. The van der Waals surface area contributed by atoms with Crippen molar-refractivity contribution in [1.82, 2.24) is 14.9 Å². The topological polar surface area (TPSA) is 56.1 Å². The number of aromatic nitrogens is 2. The smallest absolute Gasteiger partial charge is 0.139 e. The van der Waals surface area contributed by atoms with E-state index >= 15 is 0 Å². The molecule has 23 heavy (non-hydrogen) atoms. The average Bonchev–Trinajstić information content (AvgIpc) is 2.79. The Bertz CT molecular complexity index is 757. The lowest BCUT2D eigenvalue weighted by Crippen LogP contribution is -2.54. The van der Waals surface area contributed by atoms with Crippen molar-refractivity contribution >= 4 is 28.3 Å². The van der Waals surface area contributed by atoms with Crippen molar-refractivity contribution in [2.24, 2.45) is 0 Å². The van der Waals surface area contributed by atoms with Crippen LogP contribution in [0.4, 0.5) is 5.82 Å².